The van der Waals surface area contributed by atoms with Crippen molar-refractivity contribution in [2.75, 3.05) is 32.8 Å². The Labute approximate surface area is 242 Å². The molecule has 1 aliphatic rings. The molecule has 1 unspecified atom stereocenters. The third-order valence-corrected chi connectivity index (χ3v) is 7.44. The van der Waals surface area contributed by atoms with E-state index in [2.05, 4.69) is 25.3 Å². The molecule has 0 aliphatic carbocycles. The van der Waals surface area contributed by atoms with Crippen molar-refractivity contribution in [1.82, 2.24) is 9.80 Å². The zero-order chi connectivity index (χ0) is 29.4. The lowest BCUT2D eigenvalue weighted by atomic mass is 9.95. The van der Waals surface area contributed by atoms with Gasteiger partial charge in [-0.25, -0.2) is 0 Å². The molecule has 7 nitrogen and oxygen atoms in total. The summed E-state index contributed by atoms with van der Waals surface area (Å²) in [6.45, 7) is 13.3. The highest BCUT2D eigenvalue weighted by Crippen LogP contribution is 2.40. The topological polar surface area (TPSA) is 79.3 Å². The third-order valence-electron chi connectivity index (χ3n) is 7.44. The summed E-state index contributed by atoms with van der Waals surface area (Å²) in [5.41, 5.74) is 3.46. The van der Waals surface area contributed by atoms with Crippen LogP contribution in [0.15, 0.2) is 91.0 Å². The average molecular weight is 555 g/mol. The fraction of sp³-hybridized carbons (Fsp3) is 0.294. The van der Waals surface area contributed by atoms with E-state index < -0.39 is 17.7 Å². The molecule has 4 rings (SSSR count). The molecule has 1 amide bonds. The number of carbonyl (C=O) groups is 2. The molecule has 0 aromatic heterocycles. The van der Waals surface area contributed by atoms with Crippen molar-refractivity contribution in [3.05, 3.63) is 113 Å². The second kappa shape index (κ2) is 13.8. The van der Waals surface area contributed by atoms with Gasteiger partial charge in [-0.05, 0) is 73.1 Å². The minimum Gasteiger partial charge on any atom is -0.507 e. The molecule has 1 heterocycles. The Kier molecular flexibility index (Phi) is 9.98. The smallest absolute Gasteiger partial charge is 0.295 e. The van der Waals surface area contributed by atoms with Crippen LogP contribution in [0.1, 0.15) is 42.1 Å². The number of aliphatic hydroxyl groups is 1. The predicted octanol–water partition coefficient (Wildman–Crippen LogP) is 5.90. The number of likely N-dealkylation sites (tertiary alicyclic amines) is 1. The quantitative estimate of drug-likeness (QED) is 0.123. The minimum atomic E-state index is -0.726. The van der Waals surface area contributed by atoms with Crippen molar-refractivity contribution in [1.29, 1.82) is 0 Å². The summed E-state index contributed by atoms with van der Waals surface area (Å²) in [6, 6.07) is 21.5. The highest BCUT2D eigenvalue weighted by atomic mass is 16.5. The van der Waals surface area contributed by atoms with E-state index in [1.807, 2.05) is 43.3 Å². The van der Waals surface area contributed by atoms with E-state index in [0.29, 0.717) is 43.4 Å². The van der Waals surface area contributed by atoms with Gasteiger partial charge in [-0.2, -0.15) is 0 Å². The highest BCUT2D eigenvalue weighted by molar-refractivity contribution is 6.46. The van der Waals surface area contributed by atoms with Gasteiger partial charge in [0, 0.05) is 18.7 Å². The number of nitrogens with zero attached hydrogens (tertiary/aromatic N) is 2. The highest BCUT2D eigenvalue weighted by Gasteiger charge is 2.46. The van der Waals surface area contributed by atoms with Crippen LogP contribution in [0.25, 0.3) is 5.76 Å². The van der Waals surface area contributed by atoms with Gasteiger partial charge in [-0.15, -0.1) is 0 Å². The maximum absolute atomic E-state index is 13.4. The van der Waals surface area contributed by atoms with E-state index >= 15 is 0 Å². The molecule has 3 aromatic rings. The van der Waals surface area contributed by atoms with Gasteiger partial charge in [-0.1, -0.05) is 62.9 Å². The Morgan fingerprint density at radius 2 is 1.59 bits per heavy atom. The lowest BCUT2D eigenvalue weighted by Gasteiger charge is -2.28. The number of aliphatic hydroxyl groups excluding tert-OH is 1. The molecule has 1 fully saturated rings. The molecule has 7 heteroatoms. The van der Waals surface area contributed by atoms with Crippen LogP contribution in [0.5, 0.6) is 11.5 Å². The lowest BCUT2D eigenvalue weighted by molar-refractivity contribution is -0.140. The molecular weight excluding hydrogens is 516 g/mol. The largest absolute Gasteiger partial charge is 0.507 e. The van der Waals surface area contributed by atoms with E-state index in [9.17, 15) is 14.7 Å². The maximum Gasteiger partial charge on any atom is 0.295 e. The first-order valence-electron chi connectivity index (χ1n) is 14.0. The van der Waals surface area contributed by atoms with Crippen LogP contribution in [0, 0.1) is 6.92 Å². The predicted molar refractivity (Wildman–Crippen MR) is 161 cm³/mol. The Morgan fingerprint density at radius 1 is 0.951 bits per heavy atom. The molecule has 3 aromatic carbocycles. The van der Waals surface area contributed by atoms with Crippen LogP contribution in [0.3, 0.4) is 0 Å². The van der Waals surface area contributed by atoms with Crippen molar-refractivity contribution in [3.63, 3.8) is 0 Å². The van der Waals surface area contributed by atoms with Crippen LogP contribution in [0.2, 0.25) is 0 Å². The SMILES string of the molecule is C=CCOc1ccc(C2C(=C(O)c3ccc(OCc4ccccc4C)cc3)C(=O)C(=O)N2CCN(CC)CC)cc1. The molecule has 41 heavy (non-hydrogen) atoms. The fourth-order valence-electron chi connectivity index (χ4n) is 4.95. The van der Waals surface area contributed by atoms with Crippen molar-refractivity contribution < 1.29 is 24.2 Å². The average Bonchev–Trinajstić information content (AvgIpc) is 3.25. The molecule has 0 spiro atoms. The minimum absolute atomic E-state index is 0.0721. The zero-order valence-corrected chi connectivity index (χ0v) is 24.0. The van der Waals surface area contributed by atoms with Crippen LogP contribution in [0.4, 0.5) is 0 Å². The van der Waals surface area contributed by atoms with E-state index in [1.54, 1.807) is 47.4 Å². The zero-order valence-electron chi connectivity index (χ0n) is 24.0. The van der Waals surface area contributed by atoms with Gasteiger partial charge >= 0.3 is 0 Å². The lowest BCUT2D eigenvalue weighted by Crippen LogP contribution is -2.38. The number of benzene rings is 3. The molecule has 0 bridgehead atoms. The second-order valence-electron chi connectivity index (χ2n) is 9.93. The van der Waals surface area contributed by atoms with E-state index in [4.69, 9.17) is 9.47 Å². The van der Waals surface area contributed by atoms with Crippen molar-refractivity contribution in [2.45, 2.75) is 33.4 Å². The van der Waals surface area contributed by atoms with Crippen LogP contribution in [-0.2, 0) is 16.2 Å². The van der Waals surface area contributed by atoms with Gasteiger partial charge < -0.3 is 24.4 Å². The Balaban J connectivity index is 1.64. The number of Topliss-reactive ketones (excluding diaryl/α,β-unsaturated/α-hetero) is 1. The van der Waals surface area contributed by atoms with Gasteiger partial charge in [0.25, 0.3) is 11.7 Å². The first-order valence-corrected chi connectivity index (χ1v) is 14.0. The molecule has 214 valence electrons. The second-order valence-corrected chi connectivity index (χ2v) is 9.93. The summed E-state index contributed by atoms with van der Waals surface area (Å²) in [6.07, 6.45) is 1.66. The summed E-state index contributed by atoms with van der Waals surface area (Å²) in [5.74, 6) is -0.241. The number of carbonyl (C=O) groups excluding carboxylic acids is 2. The summed E-state index contributed by atoms with van der Waals surface area (Å²) < 4.78 is 11.6. The van der Waals surface area contributed by atoms with Crippen LogP contribution < -0.4 is 9.47 Å². The van der Waals surface area contributed by atoms with Gasteiger partial charge in [0.15, 0.2) is 0 Å². The number of ketones is 1. The standard InChI is InChI=1S/C34H38N2O5/c1-5-22-40-28-16-12-25(13-17-28)31-30(33(38)34(39)36(31)21-20-35(6-2)7-3)32(37)26-14-18-29(19-15-26)41-23-27-11-9-8-10-24(27)4/h5,8-19,31,37H,1,6-7,20-23H2,2-4H3. The molecule has 1 aliphatic heterocycles. The molecule has 1 atom stereocenters. The first kappa shape index (κ1) is 29.6. The van der Waals surface area contributed by atoms with Crippen LogP contribution >= 0.6 is 0 Å². The summed E-state index contributed by atoms with van der Waals surface area (Å²) in [4.78, 5) is 30.4. The Morgan fingerprint density at radius 3 is 2.22 bits per heavy atom. The number of aryl methyl sites for hydroxylation is 1. The van der Waals surface area contributed by atoms with E-state index in [-0.39, 0.29) is 11.3 Å². The first-order chi connectivity index (χ1) is 19.9. The maximum atomic E-state index is 13.4. The van der Waals surface area contributed by atoms with Gasteiger partial charge in [0.1, 0.15) is 30.5 Å². The van der Waals surface area contributed by atoms with Crippen LogP contribution in [-0.4, -0.2) is 59.4 Å². The summed E-state index contributed by atoms with van der Waals surface area (Å²) in [7, 11) is 0. The molecule has 0 radical (unpaired) electrons. The monoisotopic (exact) mass is 554 g/mol. The third kappa shape index (κ3) is 6.87. The van der Waals surface area contributed by atoms with Gasteiger partial charge in [-0.3, -0.25) is 9.59 Å². The summed E-state index contributed by atoms with van der Waals surface area (Å²) >= 11 is 0. The number of hydrogen-bond acceptors (Lipinski definition) is 6. The number of amides is 1. The van der Waals surface area contributed by atoms with Gasteiger partial charge in [0.05, 0.1) is 11.6 Å². The normalized spacial score (nSPS) is 16.3. The Bertz CT molecular complexity index is 1390. The van der Waals surface area contributed by atoms with E-state index in [0.717, 1.165) is 29.8 Å². The number of hydrogen-bond donors (Lipinski definition) is 1. The number of rotatable bonds is 13. The van der Waals surface area contributed by atoms with Gasteiger partial charge in [0.2, 0.25) is 0 Å². The molecular formula is C34H38N2O5. The van der Waals surface area contributed by atoms with Crippen molar-refractivity contribution >= 4 is 17.4 Å². The fourth-order valence-corrected chi connectivity index (χ4v) is 4.95. The molecule has 1 N–H and O–H groups in total. The van der Waals surface area contributed by atoms with Crippen molar-refractivity contribution in [2.24, 2.45) is 0 Å². The summed E-state index contributed by atoms with van der Waals surface area (Å²) in [5, 5.41) is 11.4. The van der Waals surface area contributed by atoms with E-state index in [1.165, 1.54) is 0 Å². The molecule has 0 saturated carbocycles. The van der Waals surface area contributed by atoms with Crippen molar-refractivity contribution in [3.8, 4) is 11.5 Å². The number of ether oxygens (including phenoxy) is 2. The molecule has 1 saturated heterocycles. The number of likely N-dealkylation sites (N-methyl/N-ethyl adjacent to an activating group) is 1. The Hall–Kier alpha value is -4.36.